The molecular formula is C16H25NO. The van der Waals surface area contributed by atoms with Crippen molar-refractivity contribution in [2.45, 2.75) is 58.7 Å². The lowest BCUT2D eigenvalue weighted by atomic mass is 9.80. The van der Waals surface area contributed by atoms with Crippen LogP contribution in [0.1, 0.15) is 45.6 Å². The van der Waals surface area contributed by atoms with E-state index < -0.39 is 0 Å². The molecule has 1 fully saturated rings. The minimum Gasteiger partial charge on any atom is -0.491 e. The Bertz CT molecular complexity index is 371. The molecule has 0 saturated heterocycles. The standard InChI is InChI=1S/C16H25NO/c1-12(2)18-16-9-4-6-14(10-16)11-17-13(3)15-7-5-8-15/h4,6,9-10,12-13,15,17H,5,7-8,11H2,1-3H3. The molecule has 2 nitrogen and oxygen atoms in total. The van der Waals surface area contributed by atoms with E-state index >= 15 is 0 Å². The van der Waals surface area contributed by atoms with Gasteiger partial charge in [0.2, 0.25) is 0 Å². The van der Waals surface area contributed by atoms with Crippen LogP contribution in [0.5, 0.6) is 5.75 Å². The van der Waals surface area contributed by atoms with Crippen molar-refractivity contribution in [3.8, 4) is 5.75 Å². The van der Waals surface area contributed by atoms with Gasteiger partial charge in [0.25, 0.3) is 0 Å². The molecule has 1 aromatic rings. The van der Waals surface area contributed by atoms with Crippen LogP contribution in [0.25, 0.3) is 0 Å². The zero-order valence-electron chi connectivity index (χ0n) is 11.8. The van der Waals surface area contributed by atoms with E-state index in [0.29, 0.717) is 6.04 Å². The van der Waals surface area contributed by atoms with Gasteiger partial charge in [-0.25, -0.2) is 0 Å². The fraction of sp³-hybridized carbons (Fsp3) is 0.625. The first kappa shape index (κ1) is 13.4. The molecular weight excluding hydrogens is 222 g/mol. The molecule has 0 aliphatic heterocycles. The van der Waals surface area contributed by atoms with Gasteiger partial charge in [0.05, 0.1) is 6.10 Å². The van der Waals surface area contributed by atoms with Crippen LogP contribution < -0.4 is 10.1 Å². The Morgan fingerprint density at radius 3 is 2.67 bits per heavy atom. The lowest BCUT2D eigenvalue weighted by molar-refractivity contribution is 0.238. The number of rotatable bonds is 6. The van der Waals surface area contributed by atoms with E-state index in [9.17, 15) is 0 Å². The van der Waals surface area contributed by atoms with Crippen molar-refractivity contribution in [2.75, 3.05) is 0 Å². The second kappa shape index (κ2) is 6.24. The lowest BCUT2D eigenvalue weighted by Gasteiger charge is -2.32. The van der Waals surface area contributed by atoms with Crippen LogP contribution in [0.15, 0.2) is 24.3 Å². The molecule has 0 heterocycles. The number of nitrogens with one attached hydrogen (secondary N) is 1. The Morgan fingerprint density at radius 2 is 2.06 bits per heavy atom. The molecule has 2 rings (SSSR count). The Morgan fingerprint density at radius 1 is 1.28 bits per heavy atom. The van der Waals surface area contributed by atoms with Gasteiger partial charge in [-0.15, -0.1) is 0 Å². The molecule has 0 radical (unpaired) electrons. The molecule has 18 heavy (non-hydrogen) atoms. The lowest BCUT2D eigenvalue weighted by Crippen LogP contribution is -2.36. The monoisotopic (exact) mass is 247 g/mol. The van der Waals surface area contributed by atoms with Gasteiger partial charge in [-0.3, -0.25) is 0 Å². The predicted octanol–water partition coefficient (Wildman–Crippen LogP) is 3.75. The Labute approximate surface area is 111 Å². The van der Waals surface area contributed by atoms with E-state index in [1.54, 1.807) is 0 Å². The summed E-state index contributed by atoms with van der Waals surface area (Å²) in [4.78, 5) is 0. The van der Waals surface area contributed by atoms with Crippen molar-refractivity contribution in [1.82, 2.24) is 5.32 Å². The highest BCUT2D eigenvalue weighted by Crippen LogP contribution is 2.29. The second-order valence-electron chi connectivity index (χ2n) is 5.67. The van der Waals surface area contributed by atoms with Crippen molar-refractivity contribution >= 4 is 0 Å². The van der Waals surface area contributed by atoms with E-state index in [0.717, 1.165) is 18.2 Å². The molecule has 0 aromatic heterocycles. The van der Waals surface area contributed by atoms with Crippen LogP contribution in [0.4, 0.5) is 0 Å². The fourth-order valence-electron chi connectivity index (χ4n) is 2.39. The maximum atomic E-state index is 5.71. The minimum atomic E-state index is 0.238. The zero-order valence-corrected chi connectivity index (χ0v) is 11.8. The summed E-state index contributed by atoms with van der Waals surface area (Å²) in [5.74, 6) is 1.86. The molecule has 2 heteroatoms. The van der Waals surface area contributed by atoms with Gasteiger partial charge in [0.15, 0.2) is 0 Å². The summed E-state index contributed by atoms with van der Waals surface area (Å²) in [7, 11) is 0. The third kappa shape index (κ3) is 3.74. The molecule has 0 spiro atoms. The second-order valence-corrected chi connectivity index (χ2v) is 5.67. The number of hydrogen-bond acceptors (Lipinski definition) is 2. The van der Waals surface area contributed by atoms with Crippen molar-refractivity contribution in [3.05, 3.63) is 29.8 Å². The van der Waals surface area contributed by atoms with E-state index in [4.69, 9.17) is 4.74 Å². The van der Waals surface area contributed by atoms with Crippen molar-refractivity contribution < 1.29 is 4.74 Å². The summed E-state index contributed by atoms with van der Waals surface area (Å²) in [6.45, 7) is 7.36. The Hall–Kier alpha value is -1.02. The number of hydrogen-bond donors (Lipinski definition) is 1. The molecule has 100 valence electrons. The normalized spacial score (nSPS) is 17.6. The van der Waals surface area contributed by atoms with Crippen LogP contribution in [0, 0.1) is 5.92 Å². The molecule has 1 aromatic carbocycles. The average molecular weight is 247 g/mol. The summed E-state index contributed by atoms with van der Waals surface area (Å²) in [6, 6.07) is 9.03. The first-order chi connectivity index (χ1) is 8.65. The molecule has 1 N–H and O–H groups in total. The maximum Gasteiger partial charge on any atom is 0.120 e. The third-order valence-electron chi connectivity index (χ3n) is 3.76. The summed E-state index contributed by atoms with van der Waals surface area (Å²) >= 11 is 0. The van der Waals surface area contributed by atoms with Crippen molar-refractivity contribution in [1.29, 1.82) is 0 Å². The first-order valence-corrected chi connectivity index (χ1v) is 7.14. The third-order valence-corrected chi connectivity index (χ3v) is 3.76. The van der Waals surface area contributed by atoms with Crippen LogP contribution >= 0.6 is 0 Å². The fourth-order valence-corrected chi connectivity index (χ4v) is 2.39. The van der Waals surface area contributed by atoms with E-state index in [-0.39, 0.29) is 6.10 Å². The summed E-state index contributed by atoms with van der Waals surface area (Å²) < 4.78 is 5.71. The van der Waals surface area contributed by atoms with Crippen LogP contribution in [-0.4, -0.2) is 12.1 Å². The van der Waals surface area contributed by atoms with Gasteiger partial charge in [-0.1, -0.05) is 18.6 Å². The van der Waals surface area contributed by atoms with Gasteiger partial charge in [-0.2, -0.15) is 0 Å². The topological polar surface area (TPSA) is 21.3 Å². The Balaban J connectivity index is 1.84. The molecule has 1 aliphatic rings. The van der Waals surface area contributed by atoms with Crippen molar-refractivity contribution in [3.63, 3.8) is 0 Å². The average Bonchev–Trinajstić information content (AvgIpc) is 2.23. The maximum absolute atomic E-state index is 5.71. The zero-order chi connectivity index (χ0) is 13.0. The van der Waals surface area contributed by atoms with Gasteiger partial charge in [-0.05, 0) is 57.2 Å². The van der Waals surface area contributed by atoms with E-state index in [2.05, 4.69) is 44.3 Å². The number of ether oxygens (including phenoxy) is 1. The van der Waals surface area contributed by atoms with Gasteiger partial charge in [0, 0.05) is 12.6 Å². The Kier molecular flexibility index (Phi) is 4.65. The van der Waals surface area contributed by atoms with Gasteiger partial charge in [0.1, 0.15) is 5.75 Å². The summed E-state index contributed by atoms with van der Waals surface area (Å²) in [6.07, 6.45) is 4.44. The highest BCUT2D eigenvalue weighted by molar-refractivity contribution is 5.28. The molecule has 1 unspecified atom stereocenters. The molecule has 0 amide bonds. The van der Waals surface area contributed by atoms with Crippen LogP contribution in [-0.2, 0) is 6.54 Å². The van der Waals surface area contributed by atoms with Crippen LogP contribution in [0.2, 0.25) is 0 Å². The quantitative estimate of drug-likeness (QED) is 0.826. The van der Waals surface area contributed by atoms with E-state index in [1.807, 2.05) is 6.07 Å². The SMILES string of the molecule is CC(C)Oc1cccc(CNC(C)C2CCC2)c1. The summed E-state index contributed by atoms with van der Waals surface area (Å²) in [5, 5.41) is 3.63. The predicted molar refractivity (Wildman–Crippen MR) is 75.8 cm³/mol. The molecule has 1 aliphatic carbocycles. The first-order valence-electron chi connectivity index (χ1n) is 7.14. The summed E-state index contributed by atoms with van der Waals surface area (Å²) in [5.41, 5.74) is 1.30. The largest absolute Gasteiger partial charge is 0.491 e. The van der Waals surface area contributed by atoms with Gasteiger partial charge < -0.3 is 10.1 Å². The molecule has 0 bridgehead atoms. The highest BCUT2D eigenvalue weighted by atomic mass is 16.5. The molecule has 1 atom stereocenters. The smallest absolute Gasteiger partial charge is 0.120 e. The highest BCUT2D eigenvalue weighted by Gasteiger charge is 2.23. The molecule has 1 saturated carbocycles. The van der Waals surface area contributed by atoms with Crippen LogP contribution in [0.3, 0.4) is 0 Å². The van der Waals surface area contributed by atoms with Crippen molar-refractivity contribution in [2.24, 2.45) is 5.92 Å². The van der Waals surface area contributed by atoms with E-state index in [1.165, 1.54) is 24.8 Å². The number of benzene rings is 1. The minimum absolute atomic E-state index is 0.238. The van der Waals surface area contributed by atoms with Gasteiger partial charge >= 0.3 is 0 Å².